The second kappa shape index (κ2) is 7.16. The average Bonchev–Trinajstić information content (AvgIpc) is 2.85. The first-order chi connectivity index (χ1) is 11.3. The Morgan fingerprint density at radius 1 is 1.21 bits per heavy atom. The maximum absolute atomic E-state index is 13.1. The zero-order valence-corrected chi connectivity index (χ0v) is 15.1. The molecule has 0 aliphatic carbocycles. The van der Waals surface area contributed by atoms with E-state index >= 15 is 0 Å². The summed E-state index contributed by atoms with van der Waals surface area (Å²) in [7, 11) is 0. The molecule has 1 aliphatic rings. The van der Waals surface area contributed by atoms with Gasteiger partial charge in [0.25, 0.3) is 5.91 Å². The minimum absolute atomic E-state index is 0.0380. The molecule has 0 radical (unpaired) electrons. The molecule has 5 nitrogen and oxygen atoms in total. The maximum atomic E-state index is 13.1. The van der Waals surface area contributed by atoms with E-state index in [2.05, 4.69) is 0 Å². The molecule has 1 heterocycles. The number of carbonyl (C=O) groups is 3. The van der Waals surface area contributed by atoms with Crippen molar-refractivity contribution in [1.82, 2.24) is 9.80 Å². The van der Waals surface area contributed by atoms with E-state index in [4.69, 9.17) is 0 Å². The normalized spacial score (nSPS) is 16.1. The first-order valence-electron chi connectivity index (χ1n) is 8.49. The highest BCUT2D eigenvalue weighted by atomic mass is 16.2. The maximum Gasteiger partial charge on any atom is 0.255 e. The Kier molecular flexibility index (Phi) is 5.42. The third kappa shape index (κ3) is 3.21. The Hall–Kier alpha value is -2.17. The van der Waals surface area contributed by atoms with Gasteiger partial charge in [-0.15, -0.1) is 0 Å². The Morgan fingerprint density at radius 3 is 2.33 bits per heavy atom. The first kappa shape index (κ1) is 18.2. The fourth-order valence-electron chi connectivity index (χ4n) is 3.29. The number of benzene rings is 1. The van der Waals surface area contributed by atoms with Crippen LogP contribution in [0.25, 0.3) is 0 Å². The molecule has 5 heteroatoms. The summed E-state index contributed by atoms with van der Waals surface area (Å²) in [6.45, 7) is 9.84. The van der Waals surface area contributed by atoms with Crippen molar-refractivity contribution in [3.8, 4) is 0 Å². The van der Waals surface area contributed by atoms with Crippen molar-refractivity contribution in [3.63, 3.8) is 0 Å². The van der Waals surface area contributed by atoms with Gasteiger partial charge in [-0.1, -0.05) is 32.0 Å². The zero-order valence-electron chi connectivity index (χ0n) is 15.1. The Morgan fingerprint density at radius 2 is 1.83 bits per heavy atom. The second-order valence-electron chi connectivity index (χ2n) is 6.69. The number of rotatable bonds is 6. The van der Waals surface area contributed by atoms with Crippen molar-refractivity contribution >= 4 is 17.6 Å². The lowest BCUT2D eigenvalue weighted by molar-refractivity contribution is -0.143. The van der Waals surface area contributed by atoms with Gasteiger partial charge in [0, 0.05) is 18.7 Å². The molecule has 0 N–H and O–H groups in total. The summed E-state index contributed by atoms with van der Waals surface area (Å²) in [6.07, 6.45) is 0. The van der Waals surface area contributed by atoms with Crippen molar-refractivity contribution in [1.29, 1.82) is 0 Å². The predicted octanol–water partition coefficient (Wildman–Crippen LogP) is 2.49. The second-order valence-corrected chi connectivity index (χ2v) is 6.69. The quantitative estimate of drug-likeness (QED) is 0.805. The SMILES string of the molecule is CCN(C(=O)[C@H](C(C)C)N1Cc2ccccc2C1=O)[C@@H](C)C(C)=O. The number of nitrogens with zero attached hydrogens (tertiary/aromatic N) is 2. The van der Waals surface area contributed by atoms with Crippen molar-refractivity contribution in [3.05, 3.63) is 35.4 Å². The van der Waals surface area contributed by atoms with Gasteiger partial charge in [-0.05, 0) is 38.3 Å². The Labute approximate surface area is 143 Å². The van der Waals surface area contributed by atoms with Crippen molar-refractivity contribution in [2.24, 2.45) is 5.92 Å². The van der Waals surface area contributed by atoms with Gasteiger partial charge >= 0.3 is 0 Å². The van der Waals surface area contributed by atoms with E-state index in [1.54, 1.807) is 22.8 Å². The van der Waals surface area contributed by atoms with Gasteiger partial charge in [0.15, 0.2) is 5.78 Å². The predicted molar refractivity (Wildman–Crippen MR) is 92.5 cm³/mol. The summed E-state index contributed by atoms with van der Waals surface area (Å²) in [5, 5.41) is 0. The van der Waals surface area contributed by atoms with Gasteiger partial charge in [-0.25, -0.2) is 0 Å². The lowest BCUT2D eigenvalue weighted by atomic mass is 9.99. The molecule has 24 heavy (non-hydrogen) atoms. The number of amides is 2. The number of Topliss-reactive ketones (excluding diaryl/α,β-unsaturated/α-hetero) is 1. The molecule has 0 bridgehead atoms. The third-order valence-corrected chi connectivity index (χ3v) is 4.75. The van der Waals surface area contributed by atoms with E-state index in [-0.39, 0.29) is 23.5 Å². The summed E-state index contributed by atoms with van der Waals surface area (Å²) < 4.78 is 0. The van der Waals surface area contributed by atoms with Crippen LogP contribution in [0.5, 0.6) is 0 Å². The topological polar surface area (TPSA) is 57.7 Å². The molecule has 130 valence electrons. The minimum Gasteiger partial charge on any atom is -0.331 e. The summed E-state index contributed by atoms with van der Waals surface area (Å²) in [5.41, 5.74) is 1.61. The standard InChI is InChI=1S/C19H26N2O3/c1-6-20(13(4)14(5)22)19(24)17(12(2)3)21-11-15-9-7-8-10-16(15)18(21)23/h7-10,12-13,17H,6,11H2,1-5H3/t13-,17-/m0/s1. The van der Waals surface area contributed by atoms with Gasteiger partial charge in [0.05, 0.1) is 6.04 Å². The molecule has 0 saturated carbocycles. The van der Waals surface area contributed by atoms with E-state index in [0.29, 0.717) is 18.7 Å². The van der Waals surface area contributed by atoms with Gasteiger partial charge in [-0.3, -0.25) is 14.4 Å². The number of likely N-dealkylation sites (N-methyl/N-ethyl adjacent to an activating group) is 1. The molecular weight excluding hydrogens is 304 g/mol. The average molecular weight is 330 g/mol. The zero-order chi connectivity index (χ0) is 18.0. The molecule has 0 unspecified atom stereocenters. The molecule has 0 aromatic heterocycles. The molecule has 2 atom stereocenters. The van der Waals surface area contributed by atoms with Gasteiger partial charge in [-0.2, -0.15) is 0 Å². The molecule has 0 fully saturated rings. The lowest BCUT2D eigenvalue weighted by Crippen LogP contribution is -2.54. The van der Waals surface area contributed by atoms with Gasteiger partial charge in [0.1, 0.15) is 6.04 Å². The monoisotopic (exact) mass is 330 g/mol. The molecule has 1 aliphatic heterocycles. The van der Waals surface area contributed by atoms with Crippen LogP contribution in [0.3, 0.4) is 0 Å². The molecule has 0 spiro atoms. The summed E-state index contributed by atoms with van der Waals surface area (Å²) in [5.74, 6) is -0.353. The number of fused-ring (bicyclic) bond motifs is 1. The van der Waals surface area contributed by atoms with Gasteiger partial charge < -0.3 is 9.80 Å². The van der Waals surface area contributed by atoms with Crippen molar-refractivity contribution < 1.29 is 14.4 Å². The van der Waals surface area contributed by atoms with Gasteiger partial charge in [0.2, 0.25) is 5.91 Å². The summed E-state index contributed by atoms with van der Waals surface area (Å²) in [6, 6.07) is 6.41. The molecule has 2 amide bonds. The van der Waals surface area contributed by atoms with Crippen molar-refractivity contribution in [2.45, 2.75) is 53.2 Å². The van der Waals surface area contributed by atoms with Crippen LogP contribution >= 0.6 is 0 Å². The molecule has 0 saturated heterocycles. The van der Waals surface area contributed by atoms with Crippen LogP contribution in [-0.2, 0) is 16.1 Å². The van der Waals surface area contributed by atoms with Crippen LogP contribution < -0.4 is 0 Å². The molecular formula is C19H26N2O3. The van der Waals surface area contributed by atoms with E-state index in [1.807, 2.05) is 39.0 Å². The largest absolute Gasteiger partial charge is 0.331 e. The Bertz CT molecular complexity index is 654. The minimum atomic E-state index is -0.563. The van der Waals surface area contributed by atoms with Crippen LogP contribution in [-0.4, -0.2) is 46.0 Å². The highest BCUT2D eigenvalue weighted by molar-refractivity contribution is 6.01. The summed E-state index contributed by atoms with van der Waals surface area (Å²) in [4.78, 5) is 40.8. The fraction of sp³-hybridized carbons (Fsp3) is 0.526. The van der Waals surface area contributed by atoms with Crippen molar-refractivity contribution in [2.75, 3.05) is 6.54 Å². The lowest BCUT2D eigenvalue weighted by Gasteiger charge is -2.36. The van der Waals surface area contributed by atoms with Crippen LogP contribution in [0.1, 0.15) is 50.5 Å². The number of hydrogen-bond acceptors (Lipinski definition) is 3. The number of carbonyl (C=O) groups excluding carboxylic acids is 3. The smallest absolute Gasteiger partial charge is 0.255 e. The van der Waals surface area contributed by atoms with E-state index in [9.17, 15) is 14.4 Å². The first-order valence-corrected chi connectivity index (χ1v) is 8.49. The Balaban J connectivity index is 2.32. The van der Waals surface area contributed by atoms with Crippen LogP contribution in [0.2, 0.25) is 0 Å². The fourth-order valence-corrected chi connectivity index (χ4v) is 3.29. The number of ketones is 1. The molecule has 1 aromatic carbocycles. The third-order valence-electron chi connectivity index (χ3n) is 4.75. The van der Waals surface area contributed by atoms with Crippen LogP contribution in [0.15, 0.2) is 24.3 Å². The van der Waals surface area contributed by atoms with Crippen LogP contribution in [0.4, 0.5) is 0 Å². The number of hydrogen-bond donors (Lipinski definition) is 0. The molecule has 2 rings (SSSR count). The highest BCUT2D eigenvalue weighted by Gasteiger charge is 2.40. The van der Waals surface area contributed by atoms with Crippen LogP contribution in [0, 0.1) is 5.92 Å². The van der Waals surface area contributed by atoms with E-state index in [1.165, 1.54) is 6.92 Å². The summed E-state index contributed by atoms with van der Waals surface area (Å²) >= 11 is 0. The molecule has 1 aromatic rings. The van der Waals surface area contributed by atoms with E-state index < -0.39 is 12.1 Å². The highest BCUT2D eigenvalue weighted by Crippen LogP contribution is 2.28. The van der Waals surface area contributed by atoms with E-state index in [0.717, 1.165) is 5.56 Å².